The number of rotatable bonds is 10. The molecule has 1 amide bonds. The van der Waals surface area contributed by atoms with Gasteiger partial charge in [0.25, 0.3) is 5.91 Å². The van der Waals surface area contributed by atoms with Crippen LogP contribution in [0.1, 0.15) is 71.1 Å². The van der Waals surface area contributed by atoms with Gasteiger partial charge in [-0.05, 0) is 80.1 Å². The van der Waals surface area contributed by atoms with Crippen LogP contribution in [-0.2, 0) is 6.42 Å². The zero-order valence-corrected chi connectivity index (χ0v) is 23.1. The molecule has 1 aromatic heterocycles. The highest BCUT2D eigenvalue weighted by molar-refractivity contribution is 5.99. The SMILES string of the molecule is CCCCOc1ccc(C2c3c(oc4cc(C)c(C)cc4c3=O)C(=O)N2CCc2ccccc2)cc1OCC. The van der Waals surface area contributed by atoms with E-state index in [1.807, 2.05) is 81.4 Å². The van der Waals surface area contributed by atoms with Gasteiger partial charge in [-0.15, -0.1) is 0 Å². The fourth-order valence-corrected chi connectivity index (χ4v) is 5.16. The molecule has 0 fully saturated rings. The lowest BCUT2D eigenvalue weighted by Gasteiger charge is -2.26. The van der Waals surface area contributed by atoms with Crippen molar-refractivity contribution in [3.8, 4) is 11.5 Å². The molecule has 1 aliphatic heterocycles. The maximum atomic E-state index is 14.0. The second-order valence-corrected chi connectivity index (χ2v) is 10.1. The van der Waals surface area contributed by atoms with E-state index in [0.717, 1.165) is 35.1 Å². The van der Waals surface area contributed by atoms with Gasteiger partial charge in [0, 0.05) is 6.54 Å². The molecule has 6 nitrogen and oxygen atoms in total. The van der Waals surface area contributed by atoms with E-state index in [1.54, 1.807) is 4.90 Å². The standard InChI is InChI=1S/C33H35NO5/c1-5-7-17-38-26-14-13-24(20-28(26)37-6-2)30-29-31(35)25-18-21(3)22(4)19-27(25)39-32(29)33(36)34(30)16-15-23-11-9-8-10-12-23/h8-14,18-20,30H,5-7,15-17H2,1-4H3. The van der Waals surface area contributed by atoms with Crippen molar-refractivity contribution in [3.05, 3.63) is 104 Å². The van der Waals surface area contributed by atoms with Crippen LogP contribution in [0.3, 0.4) is 0 Å². The van der Waals surface area contributed by atoms with Gasteiger partial charge in [-0.3, -0.25) is 9.59 Å². The summed E-state index contributed by atoms with van der Waals surface area (Å²) in [4.78, 5) is 29.6. The van der Waals surface area contributed by atoms with E-state index in [9.17, 15) is 9.59 Å². The maximum Gasteiger partial charge on any atom is 0.290 e. The first-order chi connectivity index (χ1) is 18.9. The van der Waals surface area contributed by atoms with Gasteiger partial charge in [-0.1, -0.05) is 49.7 Å². The number of unbranched alkanes of at least 4 members (excludes halogenated alkanes) is 1. The van der Waals surface area contributed by atoms with Crippen molar-refractivity contribution in [1.29, 1.82) is 0 Å². The second-order valence-electron chi connectivity index (χ2n) is 10.1. The quantitative estimate of drug-likeness (QED) is 0.214. The molecule has 0 bridgehead atoms. The Morgan fingerprint density at radius 3 is 2.41 bits per heavy atom. The van der Waals surface area contributed by atoms with Crippen molar-refractivity contribution >= 4 is 16.9 Å². The molecule has 1 aliphatic rings. The van der Waals surface area contributed by atoms with Crippen LogP contribution in [0.25, 0.3) is 11.0 Å². The summed E-state index contributed by atoms with van der Waals surface area (Å²) in [6.07, 6.45) is 2.62. The molecule has 39 heavy (non-hydrogen) atoms. The molecule has 4 aromatic rings. The number of nitrogens with zero attached hydrogens (tertiary/aromatic N) is 1. The lowest BCUT2D eigenvalue weighted by molar-refractivity contribution is 0.0729. The maximum absolute atomic E-state index is 14.0. The summed E-state index contributed by atoms with van der Waals surface area (Å²) < 4.78 is 18.1. The minimum Gasteiger partial charge on any atom is -0.490 e. The molecule has 6 heteroatoms. The van der Waals surface area contributed by atoms with Crippen LogP contribution >= 0.6 is 0 Å². The van der Waals surface area contributed by atoms with Gasteiger partial charge in [0.05, 0.1) is 30.2 Å². The van der Waals surface area contributed by atoms with E-state index in [4.69, 9.17) is 13.9 Å². The zero-order chi connectivity index (χ0) is 27.5. The Hall–Kier alpha value is -4.06. The van der Waals surface area contributed by atoms with Crippen LogP contribution in [0, 0.1) is 13.8 Å². The van der Waals surface area contributed by atoms with Crippen LogP contribution in [0.4, 0.5) is 0 Å². The predicted molar refractivity (Wildman–Crippen MR) is 153 cm³/mol. The third kappa shape index (κ3) is 5.16. The van der Waals surface area contributed by atoms with E-state index in [2.05, 4.69) is 6.92 Å². The largest absolute Gasteiger partial charge is 0.490 e. The molecule has 0 radical (unpaired) electrons. The first-order valence-electron chi connectivity index (χ1n) is 13.7. The van der Waals surface area contributed by atoms with Crippen molar-refractivity contribution < 1.29 is 18.7 Å². The molecule has 0 spiro atoms. The number of amides is 1. The fourth-order valence-electron chi connectivity index (χ4n) is 5.16. The van der Waals surface area contributed by atoms with Crippen molar-refractivity contribution in [2.24, 2.45) is 0 Å². The van der Waals surface area contributed by atoms with Crippen LogP contribution in [0.2, 0.25) is 0 Å². The molecular weight excluding hydrogens is 490 g/mol. The number of carbonyl (C=O) groups is 1. The molecule has 5 rings (SSSR count). The number of ether oxygens (including phenoxy) is 2. The summed E-state index contributed by atoms with van der Waals surface area (Å²) in [5.41, 5.74) is 4.57. The third-order valence-corrected chi connectivity index (χ3v) is 7.41. The van der Waals surface area contributed by atoms with E-state index in [0.29, 0.717) is 54.2 Å². The Bertz CT molecular complexity index is 1560. The summed E-state index contributed by atoms with van der Waals surface area (Å²) in [6.45, 7) is 9.49. The molecule has 1 unspecified atom stereocenters. The Morgan fingerprint density at radius 1 is 0.897 bits per heavy atom. The number of benzene rings is 3. The normalized spacial score (nSPS) is 14.6. The van der Waals surface area contributed by atoms with Gasteiger partial charge < -0.3 is 18.8 Å². The minimum absolute atomic E-state index is 0.120. The van der Waals surface area contributed by atoms with E-state index < -0.39 is 6.04 Å². The third-order valence-electron chi connectivity index (χ3n) is 7.41. The number of carbonyl (C=O) groups excluding carboxylic acids is 1. The Labute approximate surface area is 229 Å². The fraction of sp³-hybridized carbons (Fsp3) is 0.333. The monoisotopic (exact) mass is 525 g/mol. The number of hydrogen-bond donors (Lipinski definition) is 0. The highest BCUT2D eigenvalue weighted by Crippen LogP contribution is 2.41. The smallest absolute Gasteiger partial charge is 0.290 e. The van der Waals surface area contributed by atoms with Gasteiger partial charge in [0.2, 0.25) is 5.76 Å². The molecule has 0 aliphatic carbocycles. The number of hydrogen-bond acceptors (Lipinski definition) is 5. The van der Waals surface area contributed by atoms with Gasteiger partial charge in [-0.2, -0.15) is 0 Å². The molecular formula is C33H35NO5. The van der Waals surface area contributed by atoms with Gasteiger partial charge in [-0.25, -0.2) is 0 Å². The van der Waals surface area contributed by atoms with Crippen molar-refractivity contribution in [3.63, 3.8) is 0 Å². The Morgan fingerprint density at radius 2 is 1.67 bits per heavy atom. The molecule has 3 aromatic carbocycles. The number of aryl methyl sites for hydroxylation is 2. The Kier molecular flexibility index (Phi) is 7.73. The van der Waals surface area contributed by atoms with Crippen LogP contribution in [0.5, 0.6) is 11.5 Å². The zero-order valence-electron chi connectivity index (χ0n) is 23.1. The van der Waals surface area contributed by atoms with Crippen molar-refractivity contribution in [2.75, 3.05) is 19.8 Å². The van der Waals surface area contributed by atoms with Crippen molar-refractivity contribution in [1.82, 2.24) is 4.90 Å². The minimum atomic E-state index is -0.595. The molecule has 0 N–H and O–H groups in total. The average molecular weight is 526 g/mol. The molecule has 0 saturated heterocycles. The first-order valence-corrected chi connectivity index (χ1v) is 13.7. The summed E-state index contributed by atoms with van der Waals surface area (Å²) >= 11 is 0. The highest BCUT2D eigenvalue weighted by atomic mass is 16.5. The molecule has 0 saturated carbocycles. The first kappa shape index (κ1) is 26.5. The molecule has 2 heterocycles. The van der Waals surface area contributed by atoms with Gasteiger partial charge >= 0.3 is 0 Å². The van der Waals surface area contributed by atoms with Crippen LogP contribution in [0.15, 0.2) is 69.9 Å². The van der Waals surface area contributed by atoms with Gasteiger partial charge in [0.15, 0.2) is 16.9 Å². The lowest BCUT2D eigenvalue weighted by atomic mass is 9.97. The lowest BCUT2D eigenvalue weighted by Crippen LogP contribution is -2.31. The van der Waals surface area contributed by atoms with Crippen LogP contribution in [-0.4, -0.2) is 30.6 Å². The summed E-state index contributed by atoms with van der Waals surface area (Å²) in [6, 6.07) is 18.9. The van der Waals surface area contributed by atoms with E-state index in [1.165, 1.54) is 0 Å². The average Bonchev–Trinajstić information content (AvgIpc) is 3.21. The summed E-state index contributed by atoms with van der Waals surface area (Å²) in [5, 5.41) is 0.490. The van der Waals surface area contributed by atoms with Crippen LogP contribution < -0.4 is 14.9 Å². The van der Waals surface area contributed by atoms with Gasteiger partial charge in [0.1, 0.15) is 5.58 Å². The molecule has 1 atom stereocenters. The number of fused-ring (bicyclic) bond motifs is 2. The van der Waals surface area contributed by atoms with Crippen molar-refractivity contribution in [2.45, 2.75) is 53.0 Å². The molecule has 202 valence electrons. The highest BCUT2D eigenvalue weighted by Gasteiger charge is 2.42. The Balaban J connectivity index is 1.63. The summed E-state index contributed by atoms with van der Waals surface area (Å²) in [5.74, 6) is 1.11. The predicted octanol–water partition coefficient (Wildman–Crippen LogP) is 6.78. The van der Waals surface area contributed by atoms with E-state index >= 15 is 0 Å². The topological polar surface area (TPSA) is 69.0 Å². The van der Waals surface area contributed by atoms with E-state index in [-0.39, 0.29) is 17.1 Å². The second kappa shape index (κ2) is 11.4. The summed E-state index contributed by atoms with van der Waals surface area (Å²) in [7, 11) is 0.